The lowest BCUT2D eigenvalue weighted by Gasteiger charge is -2.21. The Hall–Kier alpha value is -2.55. The average molecular weight is 516 g/mol. The minimum Gasteiger partial charge on any atom is -0.369 e. The molecule has 1 unspecified atom stereocenters. The maximum atomic E-state index is 4.43. The molecule has 0 bridgehead atoms. The van der Waals surface area contributed by atoms with E-state index in [2.05, 4.69) is 74.9 Å². The van der Waals surface area contributed by atoms with Gasteiger partial charge >= 0.3 is 0 Å². The predicted octanol–water partition coefficient (Wildman–Crippen LogP) is 3.74. The van der Waals surface area contributed by atoms with E-state index in [1.165, 1.54) is 16.8 Å². The molecule has 3 aromatic rings. The highest BCUT2D eigenvalue weighted by Gasteiger charge is 2.23. The number of hydrogen-bond acceptors (Lipinski definition) is 3. The van der Waals surface area contributed by atoms with Gasteiger partial charge in [-0.15, -0.1) is 24.0 Å². The van der Waals surface area contributed by atoms with Crippen molar-refractivity contribution in [3.63, 3.8) is 0 Å². The first kappa shape index (κ1) is 22.1. The van der Waals surface area contributed by atoms with Gasteiger partial charge in [0.15, 0.2) is 5.96 Å². The van der Waals surface area contributed by atoms with E-state index in [0.717, 1.165) is 31.2 Å². The van der Waals surface area contributed by atoms with Gasteiger partial charge in [0.2, 0.25) is 0 Å². The number of para-hydroxylation sites is 1. The topological polar surface area (TPSA) is 57.5 Å². The van der Waals surface area contributed by atoms with Crippen molar-refractivity contribution in [3.05, 3.63) is 78.4 Å². The van der Waals surface area contributed by atoms with Crippen molar-refractivity contribution >= 4 is 35.6 Å². The van der Waals surface area contributed by atoms with Crippen LogP contribution in [0.25, 0.3) is 5.69 Å². The Balaban J connectivity index is 0.00000256. The molecule has 1 aromatic heterocycles. The third kappa shape index (κ3) is 5.33. The van der Waals surface area contributed by atoms with Crippen LogP contribution in [0.4, 0.5) is 5.69 Å². The zero-order chi connectivity index (χ0) is 20.1. The zero-order valence-electron chi connectivity index (χ0n) is 17.5. The van der Waals surface area contributed by atoms with Gasteiger partial charge in [0, 0.05) is 50.8 Å². The van der Waals surface area contributed by atoms with Crippen molar-refractivity contribution in [2.75, 3.05) is 25.0 Å². The third-order valence-electron chi connectivity index (χ3n) is 5.37. The lowest BCUT2D eigenvalue weighted by molar-refractivity contribution is 0.648. The SMILES string of the molecule is CN=C(NCc1ccccc1-n1ccnc1)NC1CCN(c2ccc(C)cc2)C1.I. The summed E-state index contributed by atoms with van der Waals surface area (Å²) in [5.41, 5.74) is 4.90. The standard InChI is InChI=1S/C23H28N6.HI/c1-18-7-9-21(10-8-18)28-13-11-20(16-28)27-23(24-2)26-15-19-5-3-4-6-22(19)29-14-12-25-17-29;/h3-10,12,14,17,20H,11,13,15-16H2,1-2H3,(H2,24,26,27);1H. The van der Waals surface area contributed by atoms with Crippen molar-refractivity contribution < 1.29 is 0 Å². The number of hydrogen-bond donors (Lipinski definition) is 2. The Morgan fingerprint density at radius 1 is 1.17 bits per heavy atom. The molecule has 1 saturated heterocycles. The van der Waals surface area contributed by atoms with Gasteiger partial charge in [0.25, 0.3) is 0 Å². The summed E-state index contributed by atoms with van der Waals surface area (Å²) >= 11 is 0. The Morgan fingerprint density at radius 2 is 1.97 bits per heavy atom. The number of rotatable bonds is 5. The molecule has 4 rings (SSSR count). The summed E-state index contributed by atoms with van der Waals surface area (Å²) in [4.78, 5) is 11.0. The van der Waals surface area contributed by atoms with E-state index >= 15 is 0 Å². The van der Waals surface area contributed by atoms with Gasteiger partial charge in [-0.05, 0) is 37.1 Å². The summed E-state index contributed by atoms with van der Waals surface area (Å²) in [5, 5.41) is 7.04. The smallest absolute Gasteiger partial charge is 0.191 e. The van der Waals surface area contributed by atoms with E-state index in [1.54, 1.807) is 6.20 Å². The van der Waals surface area contributed by atoms with Gasteiger partial charge < -0.3 is 20.1 Å². The number of nitrogens with zero attached hydrogens (tertiary/aromatic N) is 4. The number of aromatic nitrogens is 2. The van der Waals surface area contributed by atoms with Crippen LogP contribution in [-0.2, 0) is 6.54 Å². The van der Waals surface area contributed by atoms with Crippen molar-refractivity contribution in [1.82, 2.24) is 20.2 Å². The van der Waals surface area contributed by atoms with E-state index < -0.39 is 0 Å². The Bertz CT molecular complexity index is 952. The highest BCUT2D eigenvalue weighted by atomic mass is 127. The van der Waals surface area contributed by atoms with Crippen LogP contribution in [0.2, 0.25) is 0 Å². The van der Waals surface area contributed by atoms with Crippen LogP contribution in [0.15, 0.2) is 72.2 Å². The van der Waals surface area contributed by atoms with Crippen LogP contribution in [0, 0.1) is 6.92 Å². The van der Waals surface area contributed by atoms with Crippen molar-refractivity contribution in [2.24, 2.45) is 4.99 Å². The molecule has 0 saturated carbocycles. The van der Waals surface area contributed by atoms with Crippen LogP contribution < -0.4 is 15.5 Å². The van der Waals surface area contributed by atoms with E-state index in [0.29, 0.717) is 12.6 Å². The molecular formula is C23H29IN6. The van der Waals surface area contributed by atoms with E-state index in [9.17, 15) is 0 Å². The summed E-state index contributed by atoms with van der Waals surface area (Å²) < 4.78 is 2.03. The maximum absolute atomic E-state index is 4.43. The monoisotopic (exact) mass is 516 g/mol. The molecule has 0 aliphatic carbocycles. The number of aryl methyl sites for hydroxylation is 1. The molecule has 6 nitrogen and oxygen atoms in total. The van der Waals surface area contributed by atoms with Gasteiger partial charge in [-0.25, -0.2) is 4.98 Å². The minimum absolute atomic E-state index is 0. The van der Waals surface area contributed by atoms with E-state index in [-0.39, 0.29) is 24.0 Å². The predicted molar refractivity (Wildman–Crippen MR) is 134 cm³/mol. The third-order valence-corrected chi connectivity index (χ3v) is 5.37. The second-order valence-corrected chi connectivity index (χ2v) is 7.44. The summed E-state index contributed by atoms with van der Waals surface area (Å²) in [5.74, 6) is 0.834. The van der Waals surface area contributed by atoms with Gasteiger partial charge in [0.05, 0.1) is 12.0 Å². The minimum atomic E-state index is 0. The first-order chi connectivity index (χ1) is 14.2. The Morgan fingerprint density at radius 3 is 2.70 bits per heavy atom. The Kier molecular flexibility index (Phi) is 7.73. The highest BCUT2D eigenvalue weighted by molar-refractivity contribution is 14.0. The quantitative estimate of drug-likeness (QED) is 0.308. The van der Waals surface area contributed by atoms with Crippen molar-refractivity contribution in [2.45, 2.75) is 25.9 Å². The van der Waals surface area contributed by atoms with E-state index in [4.69, 9.17) is 0 Å². The fraction of sp³-hybridized carbons (Fsp3) is 0.304. The molecule has 0 radical (unpaired) electrons. The first-order valence-corrected chi connectivity index (χ1v) is 10.1. The van der Waals surface area contributed by atoms with E-state index in [1.807, 2.05) is 30.2 Å². The van der Waals surface area contributed by atoms with Gasteiger partial charge in [0.1, 0.15) is 0 Å². The molecule has 2 aromatic carbocycles. The zero-order valence-corrected chi connectivity index (χ0v) is 19.8. The Labute approximate surface area is 195 Å². The van der Waals surface area contributed by atoms with Gasteiger partial charge in [-0.1, -0.05) is 35.9 Å². The number of halogens is 1. The van der Waals surface area contributed by atoms with Crippen LogP contribution in [0.1, 0.15) is 17.5 Å². The number of imidazole rings is 1. The average Bonchev–Trinajstić information content (AvgIpc) is 3.44. The molecular weight excluding hydrogens is 487 g/mol. The normalized spacial score (nSPS) is 16.3. The number of benzene rings is 2. The molecule has 2 heterocycles. The summed E-state index contributed by atoms with van der Waals surface area (Å²) in [7, 11) is 1.82. The van der Waals surface area contributed by atoms with Crippen LogP contribution in [0.3, 0.4) is 0 Å². The van der Waals surface area contributed by atoms with Crippen LogP contribution >= 0.6 is 24.0 Å². The highest BCUT2D eigenvalue weighted by Crippen LogP contribution is 2.20. The molecule has 30 heavy (non-hydrogen) atoms. The fourth-order valence-corrected chi connectivity index (χ4v) is 3.75. The second kappa shape index (κ2) is 10.5. The molecule has 1 aliphatic heterocycles. The molecule has 1 aliphatic rings. The summed E-state index contributed by atoms with van der Waals surface area (Å²) in [6.07, 6.45) is 6.68. The summed E-state index contributed by atoms with van der Waals surface area (Å²) in [6.45, 7) is 4.86. The van der Waals surface area contributed by atoms with Gasteiger partial charge in [-0.2, -0.15) is 0 Å². The molecule has 158 valence electrons. The molecule has 1 fully saturated rings. The lowest BCUT2D eigenvalue weighted by atomic mass is 10.1. The largest absolute Gasteiger partial charge is 0.369 e. The molecule has 0 spiro atoms. The summed E-state index contributed by atoms with van der Waals surface area (Å²) in [6, 6.07) is 17.5. The number of guanidine groups is 1. The first-order valence-electron chi connectivity index (χ1n) is 10.1. The molecule has 2 N–H and O–H groups in total. The number of aliphatic imine (C=N–C) groups is 1. The molecule has 0 amide bonds. The van der Waals surface area contributed by atoms with Crippen LogP contribution in [0.5, 0.6) is 0 Å². The fourth-order valence-electron chi connectivity index (χ4n) is 3.75. The second-order valence-electron chi connectivity index (χ2n) is 7.44. The number of anilines is 1. The number of nitrogens with one attached hydrogen (secondary N) is 2. The lowest BCUT2D eigenvalue weighted by Crippen LogP contribution is -2.44. The van der Waals surface area contributed by atoms with Gasteiger partial charge in [-0.3, -0.25) is 4.99 Å². The van der Waals surface area contributed by atoms with Crippen molar-refractivity contribution in [1.29, 1.82) is 0 Å². The molecule has 1 atom stereocenters. The maximum Gasteiger partial charge on any atom is 0.191 e. The molecule has 7 heteroatoms. The van der Waals surface area contributed by atoms with Crippen LogP contribution in [-0.4, -0.2) is 41.7 Å². The van der Waals surface area contributed by atoms with Crippen molar-refractivity contribution in [3.8, 4) is 5.69 Å².